The van der Waals surface area contributed by atoms with Crippen LogP contribution in [0.3, 0.4) is 0 Å². The van der Waals surface area contributed by atoms with Crippen LogP contribution in [0.25, 0.3) is 0 Å². The van der Waals surface area contributed by atoms with Crippen LogP contribution in [0, 0.1) is 0 Å². The largest absolute Gasteiger partial charge is 0.481 e. The summed E-state index contributed by atoms with van der Waals surface area (Å²) in [6.45, 7) is 0. The first-order chi connectivity index (χ1) is 7.85. The van der Waals surface area contributed by atoms with E-state index in [1.807, 2.05) is 0 Å². The fourth-order valence-corrected chi connectivity index (χ4v) is 1.61. The summed E-state index contributed by atoms with van der Waals surface area (Å²) in [7, 11) is 0. The maximum Gasteiger partial charge on any atom is 0.303 e. The molecule has 6 heteroatoms. The normalized spacial score (nSPS) is 25.2. The van der Waals surface area contributed by atoms with Gasteiger partial charge in [0.05, 0.1) is 11.6 Å². The third-order valence-corrected chi connectivity index (χ3v) is 2.71. The SMILES string of the molecule is NC1=CCC(N)(C(=O)[C@@H](N)CCC(=O)O)C=C1. The van der Waals surface area contributed by atoms with Gasteiger partial charge < -0.3 is 22.3 Å². The molecule has 0 aromatic carbocycles. The zero-order valence-electron chi connectivity index (χ0n) is 9.43. The molecule has 0 saturated heterocycles. The molecule has 17 heavy (non-hydrogen) atoms. The molecule has 0 saturated carbocycles. The number of carboxylic acids is 1. The van der Waals surface area contributed by atoms with Crippen molar-refractivity contribution >= 4 is 11.8 Å². The van der Waals surface area contributed by atoms with Crippen molar-refractivity contribution in [3.05, 3.63) is 23.9 Å². The number of carbonyl (C=O) groups is 2. The number of ketones is 1. The highest BCUT2D eigenvalue weighted by Gasteiger charge is 2.35. The molecule has 2 atom stereocenters. The number of hydrogen-bond donors (Lipinski definition) is 4. The Morgan fingerprint density at radius 3 is 2.65 bits per heavy atom. The Kier molecular flexibility index (Phi) is 4.03. The third-order valence-electron chi connectivity index (χ3n) is 2.71. The summed E-state index contributed by atoms with van der Waals surface area (Å²) in [5.41, 5.74) is 16.5. The Morgan fingerprint density at radius 1 is 1.53 bits per heavy atom. The average Bonchev–Trinajstić information content (AvgIpc) is 2.29. The zero-order valence-corrected chi connectivity index (χ0v) is 9.43. The number of allylic oxidation sites excluding steroid dienone is 1. The number of carbonyl (C=O) groups excluding carboxylic acids is 1. The van der Waals surface area contributed by atoms with Gasteiger partial charge in [-0.15, -0.1) is 0 Å². The molecule has 1 unspecified atom stereocenters. The molecule has 0 aliphatic heterocycles. The molecule has 0 fully saturated rings. The number of aliphatic carboxylic acids is 1. The number of nitrogens with two attached hydrogens (primary N) is 3. The van der Waals surface area contributed by atoms with Gasteiger partial charge in [-0.25, -0.2) is 0 Å². The van der Waals surface area contributed by atoms with E-state index in [0.717, 1.165) is 0 Å². The summed E-state index contributed by atoms with van der Waals surface area (Å²) in [6, 6.07) is -0.867. The quantitative estimate of drug-likeness (QED) is 0.499. The Balaban J connectivity index is 2.64. The maximum atomic E-state index is 12.0. The number of carboxylic acid groups (broad SMARTS) is 1. The topological polar surface area (TPSA) is 132 Å². The number of Topliss-reactive ketones (excluding diaryl/α,β-unsaturated/α-hetero) is 1. The summed E-state index contributed by atoms with van der Waals surface area (Å²) < 4.78 is 0. The van der Waals surface area contributed by atoms with Crippen LogP contribution in [0.1, 0.15) is 19.3 Å². The molecule has 0 radical (unpaired) electrons. The molecule has 6 nitrogen and oxygen atoms in total. The van der Waals surface area contributed by atoms with Crippen LogP contribution in [0.2, 0.25) is 0 Å². The van der Waals surface area contributed by atoms with E-state index in [0.29, 0.717) is 5.70 Å². The third kappa shape index (κ3) is 3.40. The van der Waals surface area contributed by atoms with Gasteiger partial charge in [0.25, 0.3) is 0 Å². The van der Waals surface area contributed by atoms with Gasteiger partial charge in [0, 0.05) is 12.1 Å². The minimum atomic E-state index is -1.17. The lowest BCUT2D eigenvalue weighted by Crippen LogP contribution is -2.54. The minimum Gasteiger partial charge on any atom is -0.481 e. The second-order valence-corrected chi connectivity index (χ2v) is 4.19. The summed E-state index contributed by atoms with van der Waals surface area (Å²) >= 11 is 0. The summed E-state index contributed by atoms with van der Waals surface area (Å²) in [5.74, 6) is -1.35. The van der Waals surface area contributed by atoms with Gasteiger partial charge >= 0.3 is 5.97 Å². The molecule has 7 N–H and O–H groups in total. The van der Waals surface area contributed by atoms with Crippen molar-refractivity contribution in [2.24, 2.45) is 17.2 Å². The van der Waals surface area contributed by atoms with E-state index < -0.39 is 17.6 Å². The Hall–Kier alpha value is -1.66. The molecule has 1 rings (SSSR count). The van der Waals surface area contributed by atoms with Crippen molar-refractivity contribution in [3.63, 3.8) is 0 Å². The first-order valence-corrected chi connectivity index (χ1v) is 5.30. The van der Waals surface area contributed by atoms with Crippen molar-refractivity contribution in [1.82, 2.24) is 0 Å². The standard InChI is InChI=1S/C11H17N3O3/c12-7-3-5-11(14,6-4-7)10(17)8(13)1-2-9(15)16/h3-5,8H,1-2,6,12-14H2,(H,15,16)/t8-,11?/m0/s1. The second-order valence-electron chi connectivity index (χ2n) is 4.19. The van der Waals surface area contributed by atoms with Crippen molar-refractivity contribution in [2.45, 2.75) is 30.8 Å². The van der Waals surface area contributed by atoms with E-state index in [-0.39, 0.29) is 25.0 Å². The van der Waals surface area contributed by atoms with Gasteiger partial charge in [-0.1, -0.05) is 12.2 Å². The molecular weight excluding hydrogens is 222 g/mol. The summed E-state index contributed by atoms with van der Waals surface area (Å²) in [6.07, 6.45) is 4.96. The van der Waals surface area contributed by atoms with Crippen LogP contribution in [-0.4, -0.2) is 28.4 Å². The van der Waals surface area contributed by atoms with E-state index in [2.05, 4.69) is 0 Å². The Bertz CT molecular complexity index is 389. The van der Waals surface area contributed by atoms with E-state index >= 15 is 0 Å². The second kappa shape index (κ2) is 5.11. The molecule has 0 amide bonds. The van der Waals surface area contributed by atoms with E-state index in [1.165, 1.54) is 6.08 Å². The maximum absolute atomic E-state index is 12.0. The van der Waals surface area contributed by atoms with Crippen LogP contribution in [0.15, 0.2) is 23.9 Å². The predicted molar refractivity (Wildman–Crippen MR) is 62.8 cm³/mol. The highest BCUT2D eigenvalue weighted by atomic mass is 16.4. The minimum absolute atomic E-state index is 0.0835. The number of rotatable bonds is 5. The molecule has 0 spiro atoms. The monoisotopic (exact) mass is 239 g/mol. The summed E-state index contributed by atoms with van der Waals surface area (Å²) in [5, 5.41) is 8.52. The van der Waals surface area contributed by atoms with Crippen molar-refractivity contribution in [1.29, 1.82) is 0 Å². The highest BCUT2D eigenvalue weighted by Crippen LogP contribution is 2.19. The van der Waals surface area contributed by atoms with Crippen molar-refractivity contribution in [2.75, 3.05) is 0 Å². The molecule has 0 aromatic heterocycles. The van der Waals surface area contributed by atoms with E-state index in [9.17, 15) is 9.59 Å². The van der Waals surface area contributed by atoms with Crippen LogP contribution in [0.5, 0.6) is 0 Å². The molecule has 0 bridgehead atoms. The molecule has 1 aliphatic rings. The lowest BCUT2D eigenvalue weighted by Gasteiger charge is -2.28. The average molecular weight is 239 g/mol. The Labute approximate surface area is 99.1 Å². The van der Waals surface area contributed by atoms with E-state index in [4.69, 9.17) is 22.3 Å². The van der Waals surface area contributed by atoms with Crippen LogP contribution < -0.4 is 17.2 Å². The van der Waals surface area contributed by atoms with Crippen molar-refractivity contribution in [3.8, 4) is 0 Å². The van der Waals surface area contributed by atoms with Gasteiger partial charge in [-0.3, -0.25) is 9.59 Å². The lowest BCUT2D eigenvalue weighted by atomic mass is 9.83. The van der Waals surface area contributed by atoms with Crippen LogP contribution >= 0.6 is 0 Å². The molecule has 94 valence electrons. The highest BCUT2D eigenvalue weighted by molar-refractivity contribution is 5.95. The van der Waals surface area contributed by atoms with Gasteiger partial charge in [0.15, 0.2) is 5.78 Å². The van der Waals surface area contributed by atoms with Gasteiger partial charge in [0.2, 0.25) is 0 Å². The van der Waals surface area contributed by atoms with Gasteiger partial charge in [-0.2, -0.15) is 0 Å². The molecular formula is C11H17N3O3. The fourth-order valence-electron chi connectivity index (χ4n) is 1.61. The van der Waals surface area contributed by atoms with Gasteiger partial charge in [0.1, 0.15) is 0 Å². The van der Waals surface area contributed by atoms with Crippen LogP contribution in [-0.2, 0) is 9.59 Å². The zero-order chi connectivity index (χ0) is 13.1. The van der Waals surface area contributed by atoms with E-state index in [1.54, 1.807) is 12.2 Å². The first kappa shape index (κ1) is 13.4. The smallest absolute Gasteiger partial charge is 0.303 e. The lowest BCUT2D eigenvalue weighted by molar-refractivity contribution is -0.137. The molecule has 1 aliphatic carbocycles. The van der Waals surface area contributed by atoms with Crippen molar-refractivity contribution < 1.29 is 14.7 Å². The Morgan fingerprint density at radius 2 is 2.18 bits per heavy atom. The summed E-state index contributed by atoms with van der Waals surface area (Å²) in [4.78, 5) is 22.4. The van der Waals surface area contributed by atoms with Gasteiger partial charge in [-0.05, 0) is 18.9 Å². The fraction of sp³-hybridized carbons (Fsp3) is 0.455. The number of hydrogen-bond acceptors (Lipinski definition) is 5. The first-order valence-electron chi connectivity index (χ1n) is 5.30. The van der Waals surface area contributed by atoms with Crippen LogP contribution in [0.4, 0.5) is 0 Å². The predicted octanol–water partition coefficient (Wildman–Crippen LogP) is -0.752. The molecule has 0 aromatic rings. The molecule has 0 heterocycles.